The van der Waals surface area contributed by atoms with E-state index in [0.29, 0.717) is 30.5 Å². The molecule has 5 nitrogen and oxygen atoms in total. The summed E-state index contributed by atoms with van der Waals surface area (Å²) in [7, 11) is 1.92. The van der Waals surface area contributed by atoms with Crippen molar-refractivity contribution in [2.75, 3.05) is 26.7 Å². The SMILES string of the molecule is CCN(CC)C(=O)Oc1ccc(C(CCOc2ccc(Cl)cc2)NC)cc1.Cl. The Labute approximate surface area is 178 Å². The first-order valence-electron chi connectivity index (χ1n) is 9.19. The Balaban J connectivity index is 0.00000392. The van der Waals surface area contributed by atoms with Gasteiger partial charge in [0.05, 0.1) is 6.61 Å². The Hall–Kier alpha value is -1.95. The van der Waals surface area contributed by atoms with Gasteiger partial charge in [0.2, 0.25) is 0 Å². The molecule has 2 aromatic carbocycles. The van der Waals surface area contributed by atoms with Crippen molar-refractivity contribution in [3.8, 4) is 11.5 Å². The Morgan fingerprint density at radius 2 is 1.61 bits per heavy atom. The molecule has 1 atom stereocenters. The van der Waals surface area contributed by atoms with Crippen molar-refractivity contribution in [3.05, 3.63) is 59.1 Å². The summed E-state index contributed by atoms with van der Waals surface area (Å²) in [5.41, 5.74) is 1.11. The predicted molar refractivity (Wildman–Crippen MR) is 116 cm³/mol. The van der Waals surface area contributed by atoms with Gasteiger partial charge in [-0.15, -0.1) is 12.4 Å². The number of rotatable bonds is 9. The van der Waals surface area contributed by atoms with E-state index < -0.39 is 0 Å². The van der Waals surface area contributed by atoms with Crippen molar-refractivity contribution in [2.45, 2.75) is 26.3 Å². The van der Waals surface area contributed by atoms with Crippen molar-refractivity contribution in [2.24, 2.45) is 0 Å². The Kier molecular flexibility index (Phi) is 10.8. The third-order valence-corrected chi connectivity index (χ3v) is 4.60. The van der Waals surface area contributed by atoms with Crippen LogP contribution < -0.4 is 14.8 Å². The highest BCUT2D eigenvalue weighted by atomic mass is 35.5. The predicted octanol–water partition coefficient (Wildman–Crippen LogP) is 5.33. The van der Waals surface area contributed by atoms with Crippen LogP contribution in [-0.2, 0) is 0 Å². The van der Waals surface area contributed by atoms with E-state index in [1.165, 1.54) is 0 Å². The average Bonchev–Trinajstić information content (AvgIpc) is 2.68. The molecule has 2 aromatic rings. The van der Waals surface area contributed by atoms with E-state index in [-0.39, 0.29) is 24.5 Å². The average molecular weight is 427 g/mol. The second-order valence-electron chi connectivity index (χ2n) is 6.04. The zero-order valence-corrected chi connectivity index (χ0v) is 18.1. The van der Waals surface area contributed by atoms with Gasteiger partial charge >= 0.3 is 6.09 Å². The first-order valence-corrected chi connectivity index (χ1v) is 9.57. The lowest BCUT2D eigenvalue weighted by Gasteiger charge is -2.19. The molecule has 7 heteroatoms. The van der Waals surface area contributed by atoms with Crippen LogP contribution in [-0.4, -0.2) is 37.7 Å². The van der Waals surface area contributed by atoms with E-state index in [1.807, 2.05) is 69.4 Å². The number of ether oxygens (including phenoxy) is 2. The Morgan fingerprint density at radius 3 is 2.14 bits per heavy atom. The van der Waals surface area contributed by atoms with Crippen LogP contribution in [0.2, 0.25) is 5.02 Å². The highest BCUT2D eigenvalue weighted by molar-refractivity contribution is 6.30. The summed E-state index contributed by atoms with van der Waals surface area (Å²) in [4.78, 5) is 13.7. The molecule has 0 saturated heterocycles. The van der Waals surface area contributed by atoms with Crippen molar-refractivity contribution in [1.29, 1.82) is 0 Å². The fourth-order valence-corrected chi connectivity index (χ4v) is 2.84. The van der Waals surface area contributed by atoms with Crippen LogP contribution in [0.25, 0.3) is 0 Å². The lowest BCUT2D eigenvalue weighted by Crippen LogP contribution is -2.33. The Bertz CT molecular complexity index is 705. The lowest BCUT2D eigenvalue weighted by atomic mass is 10.0. The van der Waals surface area contributed by atoms with Crippen molar-refractivity contribution in [1.82, 2.24) is 10.2 Å². The fraction of sp³-hybridized carbons (Fsp3) is 0.381. The topological polar surface area (TPSA) is 50.8 Å². The summed E-state index contributed by atoms with van der Waals surface area (Å²) in [6.07, 6.45) is 0.479. The number of amides is 1. The summed E-state index contributed by atoms with van der Waals surface area (Å²) in [5.74, 6) is 1.34. The normalized spacial score (nSPS) is 11.3. The van der Waals surface area contributed by atoms with E-state index >= 15 is 0 Å². The number of carbonyl (C=O) groups excluding carboxylic acids is 1. The molecule has 0 aliphatic carbocycles. The van der Waals surface area contributed by atoms with Crippen LogP contribution in [0.3, 0.4) is 0 Å². The first-order chi connectivity index (χ1) is 13.1. The van der Waals surface area contributed by atoms with Gasteiger partial charge in [0.25, 0.3) is 0 Å². The molecule has 0 aromatic heterocycles. The minimum atomic E-state index is -0.325. The largest absolute Gasteiger partial charge is 0.494 e. The number of benzene rings is 2. The summed E-state index contributed by atoms with van der Waals surface area (Å²) in [6, 6.07) is 15.1. The number of hydrogen-bond donors (Lipinski definition) is 1. The van der Waals surface area contributed by atoms with Gasteiger partial charge in [-0.3, -0.25) is 0 Å². The molecule has 0 saturated carbocycles. The van der Waals surface area contributed by atoms with E-state index in [0.717, 1.165) is 17.7 Å². The van der Waals surface area contributed by atoms with E-state index in [9.17, 15) is 4.79 Å². The molecule has 28 heavy (non-hydrogen) atoms. The summed E-state index contributed by atoms with van der Waals surface area (Å²) >= 11 is 5.88. The quantitative estimate of drug-likeness (QED) is 0.588. The van der Waals surface area contributed by atoms with Crippen LogP contribution >= 0.6 is 24.0 Å². The van der Waals surface area contributed by atoms with Crippen molar-refractivity contribution >= 4 is 30.1 Å². The van der Waals surface area contributed by atoms with Gasteiger partial charge in [-0.05, 0) is 62.9 Å². The molecule has 1 N–H and O–H groups in total. The van der Waals surface area contributed by atoms with Crippen LogP contribution in [0.1, 0.15) is 31.9 Å². The van der Waals surface area contributed by atoms with Gasteiger partial charge in [0.15, 0.2) is 0 Å². The highest BCUT2D eigenvalue weighted by Gasteiger charge is 2.13. The summed E-state index contributed by atoms with van der Waals surface area (Å²) < 4.78 is 11.2. The third-order valence-electron chi connectivity index (χ3n) is 4.35. The molecule has 154 valence electrons. The van der Waals surface area contributed by atoms with Gasteiger partial charge in [-0.25, -0.2) is 4.79 Å². The molecular formula is C21H28Cl2N2O3. The van der Waals surface area contributed by atoms with Gasteiger partial charge in [-0.2, -0.15) is 0 Å². The molecule has 0 bridgehead atoms. The van der Waals surface area contributed by atoms with Gasteiger partial charge in [0.1, 0.15) is 11.5 Å². The maximum Gasteiger partial charge on any atom is 0.415 e. The van der Waals surface area contributed by atoms with Crippen LogP contribution in [0, 0.1) is 0 Å². The van der Waals surface area contributed by atoms with Gasteiger partial charge in [-0.1, -0.05) is 23.7 Å². The molecular weight excluding hydrogens is 399 g/mol. The highest BCUT2D eigenvalue weighted by Crippen LogP contribution is 2.22. The number of carbonyl (C=O) groups is 1. The number of nitrogens with zero attached hydrogens (tertiary/aromatic N) is 1. The molecule has 1 unspecified atom stereocenters. The fourth-order valence-electron chi connectivity index (χ4n) is 2.72. The van der Waals surface area contributed by atoms with Crippen LogP contribution in [0.15, 0.2) is 48.5 Å². The molecule has 0 fully saturated rings. The maximum absolute atomic E-state index is 12.0. The van der Waals surface area contributed by atoms with Gasteiger partial charge < -0.3 is 19.7 Å². The minimum Gasteiger partial charge on any atom is -0.494 e. The van der Waals surface area contributed by atoms with Gasteiger partial charge in [0, 0.05) is 30.6 Å². The second-order valence-corrected chi connectivity index (χ2v) is 6.48. The van der Waals surface area contributed by atoms with Crippen LogP contribution in [0.5, 0.6) is 11.5 Å². The molecule has 0 aliphatic rings. The number of nitrogens with one attached hydrogen (secondary N) is 1. The molecule has 2 rings (SSSR count). The summed E-state index contributed by atoms with van der Waals surface area (Å²) in [5, 5.41) is 3.99. The Morgan fingerprint density at radius 1 is 1.04 bits per heavy atom. The molecule has 0 radical (unpaired) electrons. The van der Waals surface area contributed by atoms with Crippen molar-refractivity contribution in [3.63, 3.8) is 0 Å². The third kappa shape index (κ3) is 7.23. The van der Waals surface area contributed by atoms with E-state index in [4.69, 9.17) is 21.1 Å². The standard InChI is InChI=1S/C21H27ClN2O3.ClH/c1-4-24(5-2)21(25)27-19-10-6-16(7-11-19)20(23-3)14-15-26-18-12-8-17(22)9-13-18;/h6-13,20,23H,4-5,14-15H2,1-3H3;1H. The maximum atomic E-state index is 12.0. The number of hydrogen-bond acceptors (Lipinski definition) is 4. The minimum absolute atomic E-state index is 0. The smallest absolute Gasteiger partial charge is 0.415 e. The molecule has 0 spiro atoms. The molecule has 1 amide bonds. The second kappa shape index (κ2) is 12.5. The zero-order chi connectivity index (χ0) is 19.6. The molecule has 0 heterocycles. The van der Waals surface area contributed by atoms with E-state index in [2.05, 4.69) is 5.32 Å². The lowest BCUT2D eigenvalue weighted by molar-refractivity contribution is 0.157. The first kappa shape index (κ1) is 24.1. The number of halogens is 2. The van der Waals surface area contributed by atoms with Crippen LogP contribution in [0.4, 0.5) is 4.79 Å². The monoisotopic (exact) mass is 426 g/mol. The summed E-state index contributed by atoms with van der Waals surface area (Å²) in [6.45, 7) is 5.69. The zero-order valence-electron chi connectivity index (χ0n) is 16.5. The molecule has 0 aliphatic heterocycles. The van der Waals surface area contributed by atoms with E-state index in [1.54, 1.807) is 4.90 Å². The van der Waals surface area contributed by atoms with Crippen molar-refractivity contribution < 1.29 is 14.3 Å².